The van der Waals surface area contributed by atoms with Crippen molar-refractivity contribution in [3.8, 4) is 0 Å². The molecule has 0 N–H and O–H groups in total. The first-order valence-corrected chi connectivity index (χ1v) is 13.2. The Morgan fingerprint density at radius 2 is 1.48 bits per heavy atom. The van der Waals surface area contributed by atoms with Crippen molar-refractivity contribution in [2.24, 2.45) is 0 Å². The van der Waals surface area contributed by atoms with E-state index >= 15 is 0 Å². The minimum absolute atomic E-state index is 0.0588. The maximum Gasteiger partial charge on any atom is 0.163 e. The number of benzene rings is 1. The van der Waals surface area contributed by atoms with E-state index in [4.69, 9.17) is 14.2 Å². The summed E-state index contributed by atoms with van der Waals surface area (Å²) in [6.07, 6.45) is 13.3. The lowest BCUT2D eigenvalue weighted by Crippen LogP contribution is -2.32. The maximum absolute atomic E-state index is 6.40. The standard InChI is InChI=1S/C25H41IO3/c1-4-5-6-7-8-9-10-11-12-16-19-27-23(21-17-14-13-15-18-21)24-22(20-26)28-25(2,3)29-24/h13-15,17-18,22-24H,4-12,16,19-20H2,1-3H3/t22-,23-,24+/m1/s1. The summed E-state index contributed by atoms with van der Waals surface area (Å²) in [4.78, 5) is 0. The van der Waals surface area contributed by atoms with Gasteiger partial charge in [-0.05, 0) is 25.8 Å². The van der Waals surface area contributed by atoms with Gasteiger partial charge in [0.05, 0.1) is 6.10 Å². The monoisotopic (exact) mass is 516 g/mol. The molecule has 1 aliphatic rings. The fourth-order valence-electron chi connectivity index (χ4n) is 4.06. The Labute approximate surface area is 192 Å². The highest BCUT2D eigenvalue weighted by molar-refractivity contribution is 14.1. The Morgan fingerprint density at radius 3 is 2.07 bits per heavy atom. The average Bonchev–Trinajstić information content (AvgIpc) is 3.04. The van der Waals surface area contributed by atoms with Crippen molar-refractivity contribution in [1.82, 2.24) is 0 Å². The van der Waals surface area contributed by atoms with Gasteiger partial charge in [-0.2, -0.15) is 0 Å². The van der Waals surface area contributed by atoms with E-state index in [9.17, 15) is 0 Å². The van der Waals surface area contributed by atoms with Crippen molar-refractivity contribution in [2.45, 2.75) is 109 Å². The van der Waals surface area contributed by atoms with Crippen LogP contribution in [0.3, 0.4) is 0 Å². The first-order chi connectivity index (χ1) is 14.1. The molecule has 0 bridgehead atoms. The second-order valence-electron chi connectivity index (χ2n) is 8.68. The summed E-state index contributed by atoms with van der Waals surface area (Å²) in [5, 5.41) is 0. The average molecular weight is 517 g/mol. The molecule has 166 valence electrons. The number of unbranched alkanes of at least 4 members (excludes halogenated alkanes) is 9. The van der Waals surface area contributed by atoms with Gasteiger partial charge in [0.2, 0.25) is 0 Å². The second-order valence-corrected chi connectivity index (χ2v) is 9.56. The summed E-state index contributed by atoms with van der Waals surface area (Å²) in [6.45, 7) is 7.05. The van der Waals surface area contributed by atoms with Crippen LogP contribution in [-0.2, 0) is 14.2 Å². The van der Waals surface area contributed by atoms with Crippen LogP contribution in [0.4, 0.5) is 0 Å². The molecule has 3 atom stereocenters. The van der Waals surface area contributed by atoms with Crippen molar-refractivity contribution in [3.63, 3.8) is 0 Å². The molecule has 1 saturated heterocycles. The quantitative estimate of drug-likeness (QED) is 0.136. The van der Waals surface area contributed by atoms with E-state index in [1.54, 1.807) is 0 Å². The largest absolute Gasteiger partial charge is 0.371 e. The minimum atomic E-state index is -0.548. The van der Waals surface area contributed by atoms with E-state index in [0.717, 1.165) is 17.5 Å². The molecule has 0 aliphatic carbocycles. The molecule has 1 aromatic carbocycles. The molecule has 0 unspecified atom stereocenters. The summed E-state index contributed by atoms with van der Waals surface area (Å²) >= 11 is 2.39. The predicted molar refractivity (Wildman–Crippen MR) is 130 cm³/mol. The van der Waals surface area contributed by atoms with E-state index < -0.39 is 5.79 Å². The van der Waals surface area contributed by atoms with Crippen molar-refractivity contribution in [3.05, 3.63) is 35.9 Å². The van der Waals surface area contributed by atoms with Gasteiger partial charge in [-0.15, -0.1) is 0 Å². The fraction of sp³-hybridized carbons (Fsp3) is 0.760. The molecular weight excluding hydrogens is 475 g/mol. The van der Waals surface area contributed by atoms with Crippen molar-refractivity contribution in [1.29, 1.82) is 0 Å². The highest BCUT2D eigenvalue weighted by atomic mass is 127. The van der Waals surface area contributed by atoms with Gasteiger partial charge in [-0.25, -0.2) is 0 Å². The summed E-state index contributed by atoms with van der Waals surface area (Å²) in [5.41, 5.74) is 1.18. The van der Waals surface area contributed by atoms with E-state index in [0.29, 0.717) is 0 Å². The predicted octanol–water partition coefficient (Wildman–Crippen LogP) is 7.62. The third-order valence-electron chi connectivity index (χ3n) is 5.60. The Kier molecular flexibility index (Phi) is 12.1. The van der Waals surface area contributed by atoms with Crippen molar-refractivity contribution in [2.75, 3.05) is 11.0 Å². The second kappa shape index (κ2) is 14.0. The van der Waals surface area contributed by atoms with Gasteiger partial charge in [-0.3, -0.25) is 0 Å². The van der Waals surface area contributed by atoms with Crippen LogP contribution in [0.25, 0.3) is 0 Å². The highest BCUT2D eigenvalue weighted by Gasteiger charge is 2.45. The molecule has 2 rings (SSSR count). The summed E-state index contributed by atoms with van der Waals surface area (Å²) in [5.74, 6) is -0.548. The number of ether oxygens (including phenoxy) is 3. The van der Waals surface area contributed by atoms with Gasteiger partial charge in [0.25, 0.3) is 0 Å². The van der Waals surface area contributed by atoms with Gasteiger partial charge in [0.15, 0.2) is 5.79 Å². The Hall–Kier alpha value is -0.170. The summed E-state index contributed by atoms with van der Waals surface area (Å²) in [7, 11) is 0. The van der Waals surface area contributed by atoms with Crippen LogP contribution in [0.1, 0.15) is 96.6 Å². The zero-order valence-electron chi connectivity index (χ0n) is 18.7. The van der Waals surface area contributed by atoms with Crippen LogP contribution in [0, 0.1) is 0 Å². The third kappa shape index (κ3) is 9.24. The first-order valence-electron chi connectivity index (χ1n) is 11.7. The third-order valence-corrected chi connectivity index (χ3v) is 6.46. The normalized spacial score (nSPS) is 22.1. The lowest BCUT2D eigenvalue weighted by molar-refractivity contribution is -0.159. The van der Waals surface area contributed by atoms with Gasteiger partial charge in [0.1, 0.15) is 12.2 Å². The maximum atomic E-state index is 6.40. The van der Waals surface area contributed by atoms with Gasteiger partial charge in [-0.1, -0.05) is 118 Å². The molecule has 1 fully saturated rings. The molecule has 1 aromatic rings. The number of alkyl halides is 1. The Balaban J connectivity index is 1.74. The molecule has 0 aromatic heterocycles. The lowest BCUT2D eigenvalue weighted by atomic mass is 10.0. The van der Waals surface area contributed by atoms with E-state index in [2.05, 4.69) is 59.8 Å². The minimum Gasteiger partial charge on any atom is -0.371 e. The smallest absolute Gasteiger partial charge is 0.163 e. The molecular formula is C25H41IO3. The molecule has 0 radical (unpaired) electrons. The van der Waals surface area contributed by atoms with Gasteiger partial charge >= 0.3 is 0 Å². The summed E-state index contributed by atoms with van der Waals surface area (Å²) < 4.78 is 19.7. The molecule has 0 spiro atoms. The molecule has 0 amide bonds. The van der Waals surface area contributed by atoms with Crippen molar-refractivity contribution < 1.29 is 14.2 Å². The van der Waals surface area contributed by atoms with Crippen LogP contribution in [0.5, 0.6) is 0 Å². The Bertz CT molecular complexity index is 534. The molecule has 3 nitrogen and oxygen atoms in total. The number of rotatable bonds is 15. The number of hydrogen-bond donors (Lipinski definition) is 0. The molecule has 1 heterocycles. The molecule has 4 heteroatoms. The van der Waals surface area contributed by atoms with Crippen LogP contribution in [0.15, 0.2) is 30.3 Å². The number of hydrogen-bond acceptors (Lipinski definition) is 3. The fourth-order valence-corrected chi connectivity index (χ4v) is 4.74. The van der Waals surface area contributed by atoms with E-state index in [1.165, 1.54) is 63.4 Å². The van der Waals surface area contributed by atoms with E-state index in [-0.39, 0.29) is 18.3 Å². The molecule has 1 aliphatic heterocycles. The van der Waals surface area contributed by atoms with Crippen LogP contribution in [-0.4, -0.2) is 29.0 Å². The molecule has 29 heavy (non-hydrogen) atoms. The highest BCUT2D eigenvalue weighted by Crippen LogP contribution is 2.38. The van der Waals surface area contributed by atoms with E-state index in [1.807, 2.05) is 13.8 Å². The zero-order chi connectivity index (χ0) is 21.0. The van der Waals surface area contributed by atoms with Crippen LogP contribution in [0.2, 0.25) is 0 Å². The zero-order valence-corrected chi connectivity index (χ0v) is 20.9. The lowest BCUT2D eigenvalue weighted by Gasteiger charge is -2.27. The van der Waals surface area contributed by atoms with Crippen LogP contribution >= 0.6 is 22.6 Å². The SMILES string of the molecule is CCCCCCCCCCCCO[C@H](c1ccccc1)[C@H]1OC(C)(C)O[C@@H]1CI. The Morgan fingerprint density at radius 1 is 0.897 bits per heavy atom. The van der Waals surface area contributed by atoms with Gasteiger partial charge < -0.3 is 14.2 Å². The first kappa shape index (κ1) is 25.1. The molecule has 0 saturated carbocycles. The topological polar surface area (TPSA) is 27.7 Å². The summed E-state index contributed by atoms with van der Waals surface area (Å²) in [6, 6.07) is 10.5. The van der Waals surface area contributed by atoms with Crippen LogP contribution < -0.4 is 0 Å². The van der Waals surface area contributed by atoms with Gasteiger partial charge in [0, 0.05) is 11.0 Å². The van der Waals surface area contributed by atoms with Crippen molar-refractivity contribution >= 4 is 22.6 Å². The number of halogens is 1.